The molecule has 2 aliphatic heterocycles. The topological polar surface area (TPSA) is 120 Å². The van der Waals surface area contributed by atoms with Crippen LogP contribution in [-0.4, -0.2) is 28.3 Å². The molecule has 29 heavy (non-hydrogen) atoms. The molecule has 1 aromatic rings. The lowest BCUT2D eigenvalue weighted by Crippen LogP contribution is -2.34. The quantitative estimate of drug-likeness (QED) is 0.343. The summed E-state index contributed by atoms with van der Waals surface area (Å²) in [5.41, 5.74) is 3.47. The summed E-state index contributed by atoms with van der Waals surface area (Å²) in [5.74, 6) is 0.853. The van der Waals surface area contributed by atoms with E-state index < -0.39 is 9.85 Å². The second-order valence-electron chi connectivity index (χ2n) is 7.71. The maximum atomic E-state index is 11.3. The third kappa shape index (κ3) is 3.65. The molecule has 2 heterocycles. The van der Waals surface area contributed by atoms with Gasteiger partial charge in [0.2, 0.25) is 0 Å². The van der Waals surface area contributed by atoms with E-state index in [0.29, 0.717) is 11.8 Å². The molecule has 9 heteroatoms. The third-order valence-electron chi connectivity index (χ3n) is 6.07. The van der Waals surface area contributed by atoms with Crippen LogP contribution >= 0.6 is 0 Å². The SMILES string of the molecule is CC1=CC[C@@H](/C=N/Nc2ccc([N+](=O)[O-])cc2[N+](=O)[O-])[C@H]2[C@H]1[C@@H]1CC=CC[C@@H]2O1. The average molecular weight is 398 g/mol. The number of ether oxygens (including phenoxy) is 1. The summed E-state index contributed by atoms with van der Waals surface area (Å²) in [6.45, 7) is 2.16. The van der Waals surface area contributed by atoms with Crippen LogP contribution in [0.1, 0.15) is 26.2 Å². The molecule has 0 saturated carbocycles. The lowest BCUT2D eigenvalue weighted by molar-refractivity contribution is -0.393. The van der Waals surface area contributed by atoms with E-state index in [1.165, 1.54) is 17.7 Å². The zero-order chi connectivity index (χ0) is 20.5. The molecule has 3 aliphatic rings. The molecular weight excluding hydrogens is 376 g/mol. The fourth-order valence-corrected chi connectivity index (χ4v) is 4.75. The molecular formula is C20H22N4O5. The van der Waals surface area contributed by atoms with E-state index >= 15 is 0 Å². The van der Waals surface area contributed by atoms with Gasteiger partial charge in [-0.25, -0.2) is 0 Å². The Hall–Kier alpha value is -3.07. The summed E-state index contributed by atoms with van der Waals surface area (Å²) in [7, 11) is 0. The first-order valence-corrected chi connectivity index (χ1v) is 9.65. The molecule has 1 aromatic carbocycles. The van der Waals surface area contributed by atoms with E-state index in [1.54, 1.807) is 6.21 Å². The van der Waals surface area contributed by atoms with E-state index in [1.807, 2.05) is 0 Å². The van der Waals surface area contributed by atoms with Crippen LogP contribution in [-0.2, 0) is 4.74 Å². The number of fused-ring (bicyclic) bond motifs is 5. The van der Waals surface area contributed by atoms with Gasteiger partial charge < -0.3 is 4.74 Å². The fourth-order valence-electron chi connectivity index (χ4n) is 4.75. The Morgan fingerprint density at radius 1 is 1.14 bits per heavy atom. The highest BCUT2D eigenvalue weighted by Gasteiger charge is 2.49. The molecule has 1 aliphatic carbocycles. The molecule has 1 N–H and O–H groups in total. The van der Waals surface area contributed by atoms with Crippen LogP contribution in [0.15, 0.2) is 47.1 Å². The molecule has 1 saturated heterocycles. The van der Waals surface area contributed by atoms with Crippen molar-refractivity contribution in [3.05, 3.63) is 62.2 Å². The van der Waals surface area contributed by atoms with Crippen molar-refractivity contribution in [1.29, 1.82) is 0 Å². The zero-order valence-corrected chi connectivity index (χ0v) is 15.9. The van der Waals surface area contributed by atoms with Crippen LogP contribution in [0, 0.1) is 38.0 Å². The number of nitrogens with one attached hydrogen (secondary N) is 1. The van der Waals surface area contributed by atoms with Crippen molar-refractivity contribution in [2.45, 2.75) is 38.4 Å². The molecule has 0 radical (unpaired) electrons. The summed E-state index contributed by atoms with van der Waals surface area (Å²) in [4.78, 5) is 20.8. The molecule has 0 spiro atoms. The van der Waals surface area contributed by atoms with E-state index in [2.05, 4.69) is 35.7 Å². The van der Waals surface area contributed by atoms with Gasteiger partial charge in [-0.05, 0) is 32.3 Å². The predicted octanol–water partition coefficient (Wildman–Crippen LogP) is 4.22. The molecule has 1 fully saturated rings. The minimum Gasteiger partial charge on any atom is -0.373 e. The Balaban J connectivity index is 1.53. The average Bonchev–Trinajstić information content (AvgIpc) is 2.88. The number of rotatable bonds is 5. The fraction of sp³-hybridized carbons (Fsp3) is 0.450. The maximum absolute atomic E-state index is 11.3. The maximum Gasteiger partial charge on any atom is 0.301 e. The van der Waals surface area contributed by atoms with Gasteiger partial charge in [0.25, 0.3) is 5.69 Å². The zero-order valence-electron chi connectivity index (χ0n) is 15.9. The highest BCUT2D eigenvalue weighted by molar-refractivity contribution is 5.69. The van der Waals surface area contributed by atoms with Crippen LogP contribution in [0.5, 0.6) is 0 Å². The highest BCUT2D eigenvalue weighted by Crippen LogP contribution is 2.48. The number of nitro groups is 2. The molecule has 152 valence electrons. The van der Waals surface area contributed by atoms with Gasteiger partial charge in [-0.15, -0.1) is 0 Å². The minimum absolute atomic E-state index is 0.122. The first kappa shape index (κ1) is 19.3. The Morgan fingerprint density at radius 2 is 1.90 bits per heavy atom. The number of nitro benzene ring substituents is 2. The van der Waals surface area contributed by atoms with Crippen molar-refractivity contribution in [2.24, 2.45) is 22.9 Å². The number of non-ortho nitro benzene ring substituents is 1. The number of hydrogen-bond acceptors (Lipinski definition) is 7. The lowest BCUT2D eigenvalue weighted by Gasteiger charge is -2.34. The Bertz CT molecular complexity index is 925. The first-order chi connectivity index (χ1) is 14.0. The number of hydrazone groups is 1. The molecule has 5 atom stereocenters. The van der Waals surface area contributed by atoms with Crippen molar-refractivity contribution in [3.8, 4) is 0 Å². The Labute approximate surface area is 167 Å². The number of allylic oxidation sites excluding steroid dienone is 1. The van der Waals surface area contributed by atoms with Gasteiger partial charge in [0.05, 0.1) is 28.1 Å². The van der Waals surface area contributed by atoms with Gasteiger partial charge in [-0.1, -0.05) is 23.8 Å². The molecule has 0 unspecified atom stereocenters. The van der Waals surface area contributed by atoms with Gasteiger partial charge in [-0.2, -0.15) is 5.10 Å². The van der Waals surface area contributed by atoms with Crippen molar-refractivity contribution in [3.63, 3.8) is 0 Å². The molecule has 0 aromatic heterocycles. The van der Waals surface area contributed by atoms with Crippen molar-refractivity contribution >= 4 is 23.3 Å². The molecule has 4 rings (SSSR count). The molecule has 9 nitrogen and oxygen atoms in total. The van der Waals surface area contributed by atoms with Crippen LogP contribution in [0.25, 0.3) is 0 Å². The lowest BCUT2D eigenvalue weighted by atomic mass is 9.68. The van der Waals surface area contributed by atoms with E-state index in [9.17, 15) is 20.2 Å². The summed E-state index contributed by atoms with van der Waals surface area (Å²) in [5, 5.41) is 26.4. The van der Waals surface area contributed by atoms with Crippen LogP contribution in [0.4, 0.5) is 17.1 Å². The van der Waals surface area contributed by atoms with Gasteiger partial charge in [0.15, 0.2) is 0 Å². The van der Waals surface area contributed by atoms with Gasteiger partial charge in [0, 0.05) is 30.0 Å². The number of nitrogens with zero attached hydrogens (tertiary/aromatic N) is 3. The summed E-state index contributed by atoms with van der Waals surface area (Å²) < 4.78 is 6.28. The van der Waals surface area contributed by atoms with Crippen LogP contribution in [0.2, 0.25) is 0 Å². The summed E-state index contributed by atoms with van der Waals surface area (Å²) in [6.07, 6.45) is 11.4. The summed E-state index contributed by atoms with van der Waals surface area (Å²) in [6, 6.07) is 3.46. The highest BCUT2D eigenvalue weighted by atomic mass is 16.6. The summed E-state index contributed by atoms with van der Waals surface area (Å²) >= 11 is 0. The monoisotopic (exact) mass is 398 g/mol. The number of hydrogen-bond donors (Lipinski definition) is 1. The van der Waals surface area contributed by atoms with Crippen molar-refractivity contribution < 1.29 is 14.6 Å². The second-order valence-corrected chi connectivity index (χ2v) is 7.71. The van der Waals surface area contributed by atoms with Gasteiger partial charge in [-0.3, -0.25) is 25.7 Å². The van der Waals surface area contributed by atoms with Gasteiger partial charge >= 0.3 is 5.69 Å². The first-order valence-electron chi connectivity index (χ1n) is 9.65. The third-order valence-corrected chi connectivity index (χ3v) is 6.07. The second kappa shape index (κ2) is 7.75. The Morgan fingerprint density at radius 3 is 2.62 bits per heavy atom. The van der Waals surface area contributed by atoms with Crippen LogP contribution in [0.3, 0.4) is 0 Å². The van der Waals surface area contributed by atoms with Gasteiger partial charge in [0.1, 0.15) is 5.69 Å². The van der Waals surface area contributed by atoms with E-state index in [4.69, 9.17) is 4.74 Å². The molecule has 2 bridgehead atoms. The normalized spacial score (nSPS) is 30.5. The predicted molar refractivity (Wildman–Crippen MR) is 108 cm³/mol. The Kier molecular flexibility index (Phi) is 5.14. The number of anilines is 1. The minimum atomic E-state index is -0.661. The molecule has 0 amide bonds. The smallest absolute Gasteiger partial charge is 0.301 e. The van der Waals surface area contributed by atoms with Crippen molar-refractivity contribution in [1.82, 2.24) is 0 Å². The van der Waals surface area contributed by atoms with E-state index in [0.717, 1.165) is 25.3 Å². The standard InChI is InChI=1S/C20H22N4O5/c1-12-6-7-13(20-18-5-3-2-4-17(29-18)19(12)20)11-21-22-15-9-8-14(23(25)26)10-16(15)24(27)28/h2-3,6,8-11,13,17-20,22H,4-5,7H2,1H3/b21-11+/t13-,17-,18-,19+,20+/m0/s1. The van der Waals surface area contributed by atoms with E-state index in [-0.39, 0.29) is 35.2 Å². The van der Waals surface area contributed by atoms with Crippen LogP contribution < -0.4 is 5.43 Å². The largest absolute Gasteiger partial charge is 0.373 e. The van der Waals surface area contributed by atoms with Crippen molar-refractivity contribution in [2.75, 3.05) is 5.43 Å². The number of benzene rings is 1.